The fourth-order valence-corrected chi connectivity index (χ4v) is 2.34. The first kappa shape index (κ1) is 16.0. The minimum absolute atomic E-state index is 0.193. The fraction of sp³-hybridized carbons (Fsp3) is 0.0556. The monoisotopic (exact) mass is 338 g/mol. The van der Waals surface area contributed by atoms with Gasteiger partial charge in [-0.15, -0.1) is 0 Å². The Morgan fingerprint density at radius 2 is 1.92 bits per heavy atom. The van der Waals surface area contributed by atoms with Crippen LogP contribution in [0.25, 0.3) is 0 Å². The first-order valence-electron chi connectivity index (χ1n) is 7.35. The van der Waals surface area contributed by atoms with E-state index in [0.717, 1.165) is 11.3 Å². The number of carbonyl (C=O) groups excluding carboxylic acids is 1. The number of hydrogen-bond acceptors (Lipinski definition) is 4. The lowest BCUT2D eigenvalue weighted by Crippen LogP contribution is -2.23. The molecule has 120 valence electrons. The van der Waals surface area contributed by atoms with Crippen LogP contribution in [0.15, 0.2) is 67.3 Å². The number of aromatic nitrogens is 2. The molecule has 0 aliphatic heterocycles. The molecule has 0 fully saturated rings. The number of carbonyl (C=O) groups is 1. The highest BCUT2D eigenvalue weighted by Gasteiger charge is 2.07. The fourth-order valence-electron chi connectivity index (χ4n) is 2.15. The van der Waals surface area contributed by atoms with Gasteiger partial charge in [-0.2, -0.15) is 0 Å². The maximum atomic E-state index is 12.3. The van der Waals surface area contributed by atoms with Gasteiger partial charge in [0, 0.05) is 35.8 Å². The summed E-state index contributed by atoms with van der Waals surface area (Å²) in [4.78, 5) is 20.4. The number of hydrogen-bond donors (Lipinski definition) is 2. The summed E-state index contributed by atoms with van der Waals surface area (Å²) in [6.45, 7) is 0.415. The lowest BCUT2D eigenvalue weighted by molar-refractivity contribution is 0.0950. The molecule has 0 unspecified atom stereocenters. The van der Waals surface area contributed by atoms with Crippen LogP contribution >= 0.6 is 11.6 Å². The van der Waals surface area contributed by atoms with E-state index in [0.29, 0.717) is 22.8 Å². The molecule has 6 heteroatoms. The Balaban J connectivity index is 1.67. The van der Waals surface area contributed by atoms with Gasteiger partial charge in [0.05, 0.1) is 17.4 Å². The molecule has 2 heterocycles. The zero-order chi connectivity index (χ0) is 16.8. The Hall–Kier alpha value is -2.92. The second-order valence-electron chi connectivity index (χ2n) is 5.14. The van der Waals surface area contributed by atoms with Gasteiger partial charge >= 0.3 is 0 Å². The van der Waals surface area contributed by atoms with E-state index in [2.05, 4.69) is 20.6 Å². The third-order valence-electron chi connectivity index (χ3n) is 3.29. The Labute approximate surface area is 144 Å². The molecule has 0 saturated heterocycles. The standard InChI is InChI=1S/C18H15ClN4O/c19-15-4-1-5-16(8-15)23-17-7-14(11-21-12-17)18(24)22-10-13-3-2-6-20-9-13/h1-9,11-12,23H,10H2,(H,22,24). The average molecular weight is 339 g/mol. The van der Waals surface area contributed by atoms with Crippen LogP contribution in [0.5, 0.6) is 0 Å². The summed E-state index contributed by atoms with van der Waals surface area (Å²) < 4.78 is 0. The topological polar surface area (TPSA) is 66.9 Å². The van der Waals surface area contributed by atoms with Crippen molar-refractivity contribution in [1.29, 1.82) is 0 Å². The third-order valence-corrected chi connectivity index (χ3v) is 3.52. The van der Waals surface area contributed by atoms with E-state index in [1.54, 1.807) is 36.8 Å². The van der Waals surface area contributed by atoms with Gasteiger partial charge in [0.2, 0.25) is 0 Å². The molecule has 0 spiro atoms. The maximum absolute atomic E-state index is 12.3. The Bertz CT molecular complexity index is 839. The molecule has 0 aliphatic rings. The van der Waals surface area contributed by atoms with Crippen molar-refractivity contribution < 1.29 is 4.79 Å². The molecule has 3 rings (SSSR count). The number of halogens is 1. The molecule has 5 nitrogen and oxygen atoms in total. The normalized spacial score (nSPS) is 10.2. The highest BCUT2D eigenvalue weighted by atomic mass is 35.5. The number of anilines is 2. The molecule has 1 aromatic carbocycles. The number of rotatable bonds is 5. The summed E-state index contributed by atoms with van der Waals surface area (Å²) in [5.74, 6) is -0.193. The van der Waals surface area contributed by atoms with Crippen molar-refractivity contribution in [2.24, 2.45) is 0 Å². The summed E-state index contributed by atoms with van der Waals surface area (Å²) in [5.41, 5.74) is 2.96. The predicted octanol–water partition coefficient (Wildman–Crippen LogP) is 3.80. The third kappa shape index (κ3) is 4.30. The summed E-state index contributed by atoms with van der Waals surface area (Å²) in [6.07, 6.45) is 6.59. The Morgan fingerprint density at radius 1 is 1.00 bits per heavy atom. The van der Waals surface area contributed by atoms with Crippen molar-refractivity contribution in [3.63, 3.8) is 0 Å². The van der Waals surface area contributed by atoms with Crippen molar-refractivity contribution in [3.05, 3.63) is 83.4 Å². The van der Waals surface area contributed by atoms with Crippen LogP contribution in [0.3, 0.4) is 0 Å². The van der Waals surface area contributed by atoms with E-state index >= 15 is 0 Å². The summed E-state index contributed by atoms with van der Waals surface area (Å²) >= 11 is 5.97. The minimum atomic E-state index is -0.193. The van der Waals surface area contributed by atoms with Gasteiger partial charge in [0.15, 0.2) is 0 Å². The second-order valence-corrected chi connectivity index (χ2v) is 5.58. The smallest absolute Gasteiger partial charge is 0.253 e. The van der Waals surface area contributed by atoms with E-state index in [-0.39, 0.29) is 5.91 Å². The van der Waals surface area contributed by atoms with Gasteiger partial charge in [-0.1, -0.05) is 23.7 Å². The molecule has 0 atom stereocenters. The van der Waals surface area contributed by atoms with Crippen molar-refractivity contribution in [2.45, 2.75) is 6.54 Å². The molecule has 0 bridgehead atoms. The van der Waals surface area contributed by atoms with Crippen LogP contribution in [0.4, 0.5) is 11.4 Å². The number of pyridine rings is 2. The molecule has 1 amide bonds. The van der Waals surface area contributed by atoms with Crippen LogP contribution in [-0.4, -0.2) is 15.9 Å². The summed E-state index contributed by atoms with van der Waals surface area (Å²) in [7, 11) is 0. The van der Waals surface area contributed by atoms with E-state index in [9.17, 15) is 4.79 Å². The molecule has 0 aliphatic carbocycles. The predicted molar refractivity (Wildman–Crippen MR) is 94.4 cm³/mol. The molecule has 2 N–H and O–H groups in total. The first-order valence-corrected chi connectivity index (χ1v) is 7.73. The number of nitrogens with one attached hydrogen (secondary N) is 2. The molecule has 0 radical (unpaired) electrons. The highest BCUT2D eigenvalue weighted by molar-refractivity contribution is 6.30. The average Bonchev–Trinajstić information content (AvgIpc) is 2.61. The maximum Gasteiger partial charge on any atom is 0.253 e. The molecule has 0 saturated carbocycles. The van der Waals surface area contributed by atoms with Gasteiger partial charge in [0.25, 0.3) is 5.91 Å². The van der Waals surface area contributed by atoms with Gasteiger partial charge in [-0.3, -0.25) is 14.8 Å². The zero-order valence-electron chi connectivity index (χ0n) is 12.7. The van der Waals surface area contributed by atoms with Gasteiger partial charge in [0.1, 0.15) is 0 Å². The second kappa shape index (κ2) is 7.57. The van der Waals surface area contributed by atoms with Crippen LogP contribution in [0, 0.1) is 0 Å². The zero-order valence-corrected chi connectivity index (χ0v) is 13.5. The highest BCUT2D eigenvalue weighted by Crippen LogP contribution is 2.20. The molecular weight excluding hydrogens is 324 g/mol. The van der Waals surface area contributed by atoms with Crippen molar-refractivity contribution >= 4 is 28.9 Å². The lowest BCUT2D eigenvalue weighted by Gasteiger charge is -2.09. The minimum Gasteiger partial charge on any atom is -0.354 e. The first-order chi connectivity index (χ1) is 11.7. The van der Waals surface area contributed by atoms with Crippen LogP contribution in [0.2, 0.25) is 5.02 Å². The van der Waals surface area contributed by atoms with E-state index in [4.69, 9.17) is 11.6 Å². The lowest BCUT2D eigenvalue weighted by atomic mass is 10.2. The summed E-state index contributed by atoms with van der Waals surface area (Å²) in [5, 5.41) is 6.66. The van der Waals surface area contributed by atoms with E-state index in [1.165, 1.54) is 6.20 Å². The Morgan fingerprint density at radius 3 is 2.71 bits per heavy atom. The number of nitrogens with zero attached hydrogens (tertiary/aromatic N) is 2. The molecule has 3 aromatic rings. The van der Waals surface area contributed by atoms with Gasteiger partial charge in [-0.05, 0) is 35.9 Å². The van der Waals surface area contributed by atoms with Crippen molar-refractivity contribution in [3.8, 4) is 0 Å². The van der Waals surface area contributed by atoms with E-state index in [1.807, 2.05) is 24.3 Å². The largest absolute Gasteiger partial charge is 0.354 e. The van der Waals surface area contributed by atoms with Gasteiger partial charge < -0.3 is 10.6 Å². The quantitative estimate of drug-likeness (QED) is 0.742. The molecular formula is C18H15ClN4O. The van der Waals surface area contributed by atoms with E-state index < -0.39 is 0 Å². The van der Waals surface area contributed by atoms with Crippen LogP contribution in [-0.2, 0) is 6.54 Å². The molecule has 24 heavy (non-hydrogen) atoms. The SMILES string of the molecule is O=C(NCc1cccnc1)c1cncc(Nc2cccc(Cl)c2)c1. The Kier molecular flexibility index (Phi) is 5.03. The number of amides is 1. The molecule has 2 aromatic heterocycles. The number of benzene rings is 1. The summed E-state index contributed by atoms with van der Waals surface area (Å²) in [6, 6.07) is 12.8. The van der Waals surface area contributed by atoms with Crippen LogP contribution in [0.1, 0.15) is 15.9 Å². The van der Waals surface area contributed by atoms with Crippen molar-refractivity contribution in [1.82, 2.24) is 15.3 Å². The van der Waals surface area contributed by atoms with Crippen LogP contribution < -0.4 is 10.6 Å². The van der Waals surface area contributed by atoms with Gasteiger partial charge in [-0.25, -0.2) is 0 Å². The van der Waals surface area contributed by atoms with Crippen molar-refractivity contribution in [2.75, 3.05) is 5.32 Å².